The van der Waals surface area contributed by atoms with Crippen molar-refractivity contribution in [2.24, 2.45) is 0 Å². The summed E-state index contributed by atoms with van der Waals surface area (Å²) < 4.78 is 5.26. The smallest absolute Gasteiger partial charge is 0.138 e. The lowest BCUT2D eigenvalue weighted by Gasteiger charge is -2.29. The van der Waals surface area contributed by atoms with Crippen molar-refractivity contribution in [1.29, 1.82) is 0 Å². The maximum absolute atomic E-state index is 11.1. The summed E-state index contributed by atoms with van der Waals surface area (Å²) in [4.78, 5) is 0. The van der Waals surface area contributed by atoms with Gasteiger partial charge >= 0.3 is 0 Å². The number of hydrogen-bond acceptors (Lipinski definition) is 2. The van der Waals surface area contributed by atoms with Crippen molar-refractivity contribution in [3.63, 3.8) is 0 Å². The summed E-state index contributed by atoms with van der Waals surface area (Å²) in [7, 11) is 1.61. The average molecular weight is 284 g/mol. The van der Waals surface area contributed by atoms with E-state index in [1.807, 2.05) is 42.5 Å². The number of ether oxygens (including phenoxy) is 1. The Balaban J connectivity index is 2.44. The highest BCUT2D eigenvalue weighted by Crippen LogP contribution is 2.31. The van der Waals surface area contributed by atoms with E-state index < -0.39 is 5.60 Å². The monoisotopic (exact) mass is 284 g/mol. The molecule has 112 valence electrons. The maximum Gasteiger partial charge on any atom is 0.138 e. The van der Waals surface area contributed by atoms with Crippen LogP contribution in [0.15, 0.2) is 54.6 Å². The summed E-state index contributed by atoms with van der Waals surface area (Å²) >= 11 is 0. The normalized spacial score (nSPS) is 14.7. The van der Waals surface area contributed by atoms with Gasteiger partial charge in [-0.15, -0.1) is 0 Å². The molecule has 2 nitrogen and oxygen atoms in total. The Morgan fingerprint density at radius 2 is 1.29 bits per heavy atom. The third kappa shape index (κ3) is 3.34. The molecule has 2 aromatic carbocycles. The highest BCUT2D eigenvalue weighted by molar-refractivity contribution is 5.38. The zero-order valence-electron chi connectivity index (χ0n) is 13.3. The van der Waals surface area contributed by atoms with Crippen molar-refractivity contribution in [1.82, 2.24) is 0 Å². The number of methoxy groups -OCH3 is 1. The third-order valence-electron chi connectivity index (χ3n) is 3.83. The lowest BCUT2D eigenvalue weighted by molar-refractivity contribution is -0.00329. The van der Waals surface area contributed by atoms with Crippen LogP contribution < -0.4 is 0 Å². The minimum absolute atomic E-state index is 0.102. The molecule has 2 heteroatoms. The van der Waals surface area contributed by atoms with Crippen molar-refractivity contribution in [2.45, 2.75) is 31.8 Å². The van der Waals surface area contributed by atoms with Crippen LogP contribution in [0.4, 0.5) is 0 Å². The van der Waals surface area contributed by atoms with Crippen LogP contribution in [0.3, 0.4) is 0 Å². The average Bonchev–Trinajstić information content (AvgIpc) is 2.47. The second-order valence-electron chi connectivity index (χ2n) is 6.49. The quantitative estimate of drug-likeness (QED) is 0.923. The molecule has 0 amide bonds. The van der Waals surface area contributed by atoms with Gasteiger partial charge in [0.25, 0.3) is 0 Å². The number of hydrogen-bond donors (Lipinski definition) is 1. The van der Waals surface area contributed by atoms with E-state index in [4.69, 9.17) is 4.74 Å². The molecule has 1 atom stereocenters. The Hall–Kier alpha value is -1.64. The van der Waals surface area contributed by atoms with Gasteiger partial charge in [0.15, 0.2) is 0 Å². The van der Waals surface area contributed by atoms with Gasteiger partial charge in [0.1, 0.15) is 5.60 Å². The van der Waals surface area contributed by atoms with Gasteiger partial charge in [-0.2, -0.15) is 0 Å². The number of benzene rings is 2. The first-order valence-corrected chi connectivity index (χ1v) is 7.26. The van der Waals surface area contributed by atoms with Crippen LogP contribution in [-0.4, -0.2) is 18.8 Å². The topological polar surface area (TPSA) is 29.5 Å². The summed E-state index contributed by atoms with van der Waals surface area (Å²) in [6.07, 6.45) is 0. The first-order chi connectivity index (χ1) is 9.88. The highest BCUT2D eigenvalue weighted by atomic mass is 16.5. The second kappa shape index (κ2) is 6.00. The van der Waals surface area contributed by atoms with Gasteiger partial charge in [0.2, 0.25) is 0 Å². The molecule has 2 rings (SSSR count). The predicted octanol–water partition coefficient (Wildman–Crippen LogP) is 3.87. The minimum atomic E-state index is -1.12. The lowest BCUT2D eigenvalue weighted by Crippen LogP contribution is -2.32. The van der Waals surface area contributed by atoms with Crippen molar-refractivity contribution in [2.75, 3.05) is 13.7 Å². The largest absolute Gasteiger partial charge is 0.381 e. The molecular formula is C19H24O2. The molecule has 0 aliphatic carbocycles. The molecule has 0 aromatic heterocycles. The van der Waals surface area contributed by atoms with Crippen LogP contribution in [0.2, 0.25) is 0 Å². The zero-order valence-corrected chi connectivity index (χ0v) is 13.3. The van der Waals surface area contributed by atoms with Crippen LogP contribution >= 0.6 is 0 Å². The lowest BCUT2D eigenvalue weighted by atomic mass is 9.82. The fourth-order valence-electron chi connectivity index (χ4n) is 2.50. The van der Waals surface area contributed by atoms with E-state index in [1.165, 1.54) is 5.56 Å². The van der Waals surface area contributed by atoms with Gasteiger partial charge in [0, 0.05) is 7.11 Å². The van der Waals surface area contributed by atoms with Crippen LogP contribution in [0, 0.1) is 0 Å². The summed E-state index contributed by atoms with van der Waals surface area (Å²) in [6.45, 7) is 6.77. The van der Waals surface area contributed by atoms with Crippen LogP contribution in [0.5, 0.6) is 0 Å². The number of aliphatic hydroxyl groups is 1. The molecule has 0 saturated carbocycles. The van der Waals surface area contributed by atoms with Gasteiger partial charge in [0.05, 0.1) is 6.61 Å². The van der Waals surface area contributed by atoms with E-state index in [1.54, 1.807) is 7.11 Å². The Morgan fingerprint density at radius 1 is 0.810 bits per heavy atom. The molecule has 0 bridgehead atoms. The Bertz CT molecular complexity index is 567. The fourth-order valence-corrected chi connectivity index (χ4v) is 2.50. The third-order valence-corrected chi connectivity index (χ3v) is 3.83. The van der Waals surface area contributed by atoms with Crippen LogP contribution in [0.25, 0.3) is 0 Å². The molecular weight excluding hydrogens is 260 g/mol. The highest BCUT2D eigenvalue weighted by Gasteiger charge is 2.31. The first kappa shape index (κ1) is 15.7. The van der Waals surface area contributed by atoms with E-state index in [0.717, 1.165) is 11.1 Å². The molecule has 0 radical (unpaired) electrons. The molecule has 0 saturated heterocycles. The van der Waals surface area contributed by atoms with Crippen molar-refractivity contribution >= 4 is 0 Å². The Labute approximate surface area is 127 Å². The Kier molecular flexibility index (Phi) is 4.50. The minimum Gasteiger partial charge on any atom is -0.381 e. The predicted molar refractivity (Wildman–Crippen MR) is 86.5 cm³/mol. The van der Waals surface area contributed by atoms with E-state index in [-0.39, 0.29) is 12.0 Å². The summed E-state index contributed by atoms with van der Waals surface area (Å²) in [5.74, 6) is 0. The molecule has 1 N–H and O–H groups in total. The van der Waals surface area contributed by atoms with Crippen molar-refractivity contribution in [3.05, 3.63) is 71.3 Å². The van der Waals surface area contributed by atoms with E-state index >= 15 is 0 Å². The molecule has 0 aliphatic heterocycles. The summed E-state index contributed by atoms with van der Waals surface area (Å²) in [5, 5.41) is 11.1. The van der Waals surface area contributed by atoms with Gasteiger partial charge in [-0.3, -0.25) is 0 Å². The van der Waals surface area contributed by atoms with Gasteiger partial charge in [-0.25, -0.2) is 0 Å². The molecule has 0 aliphatic rings. The molecule has 1 unspecified atom stereocenters. The van der Waals surface area contributed by atoms with Gasteiger partial charge in [-0.1, -0.05) is 75.4 Å². The van der Waals surface area contributed by atoms with E-state index in [9.17, 15) is 5.11 Å². The number of rotatable bonds is 4. The molecule has 0 heterocycles. The van der Waals surface area contributed by atoms with Crippen molar-refractivity contribution in [3.8, 4) is 0 Å². The zero-order chi connectivity index (χ0) is 15.5. The summed E-state index contributed by atoms with van der Waals surface area (Å²) in [5.41, 5.74) is 1.93. The van der Waals surface area contributed by atoms with Gasteiger partial charge in [-0.05, 0) is 22.1 Å². The van der Waals surface area contributed by atoms with E-state index in [2.05, 4.69) is 32.9 Å². The summed E-state index contributed by atoms with van der Waals surface area (Å²) in [6, 6.07) is 17.8. The van der Waals surface area contributed by atoms with Crippen molar-refractivity contribution < 1.29 is 9.84 Å². The fraction of sp³-hybridized carbons (Fsp3) is 0.368. The maximum atomic E-state index is 11.1. The van der Waals surface area contributed by atoms with Crippen LogP contribution in [0.1, 0.15) is 37.5 Å². The molecule has 21 heavy (non-hydrogen) atoms. The van der Waals surface area contributed by atoms with Crippen LogP contribution in [-0.2, 0) is 15.8 Å². The standard InChI is InChI=1S/C19H24O2/c1-18(2,3)15-10-12-17(13-11-15)19(20,14-21-4)16-8-6-5-7-9-16/h5-13,20H,14H2,1-4H3. The van der Waals surface area contributed by atoms with E-state index in [0.29, 0.717) is 0 Å². The van der Waals surface area contributed by atoms with Gasteiger partial charge < -0.3 is 9.84 Å². The molecule has 2 aromatic rings. The second-order valence-corrected chi connectivity index (χ2v) is 6.49. The SMILES string of the molecule is COCC(O)(c1ccccc1)c1ccc(C(C)(C)C)cc1. The molecule has 0 spiro atoms. The molecule has 0 fully saturated rings. The first-order valence-electron chi connectivity index (χ1n) is 7.26. The Morgan fingerprint density at radius 3 is 1.76 bits per heavy atom.